The smallest absolute Gasteiger partial charge is 0.323 e. The second-order valence-corrected chi connectivity index (χ2v) is 8.91. The molecule has 3 atom stereocenters. The van der Waals surface area contributed by atoms with Crippen LogP contribution in [-0.2, 0) is 30.5 Å². The third-order valence-corrected chi connectivity index (χ3v) is 4.94. The van der Waals surface area contributed by atoms with E-state index in [1.54, 1.807) is 0 Å². The molecule has 0 aliphatic carbocycles. The van der Waals surface area contributed by atoms with Crippen molar-refractivity contribution in [3.05, 3.63) is 35.9 Å². The molecule has 8 nitrogen and oxygen atoms in total. The molecule has 0 saturated carbocycles. The monoisotopic (exact) mass is 450 g/mol. The second-order valence-electron chi connectivity index (χ2n) is 8.91. The van der Waals surface area contributed by atoms with Gasteiger partial charge >= 0.3 is 17.9 Å². The van der Waals surface area contributed by atoms with Crippen LogP contribution in [0.25, 0.3) is 0 Å². The van der Waals surface area contributed by atoms with E-state index in [1.165, 1.54) is 0 Å². The maximum atomic E-state index is 12.4. The van der Waals surface area contributed by atoms with Gasteiger partial charge in [-0.25, -0.2) is 0 Å². The minimum Gasteiger partial charge on any atom is -0.480 e. The number of hydrogen-bond donors (Lipinski definition) is 3. The predicted molar refractivity (Wildman–Crippen MR) is 122 cm³/mol. The summed E-state index contributed by atoms with van der Waals surface area (Å²) in [6.45, 7) is 10.4. The molecule has 1 aliphatic rings. The van der Waals surface area contributed by atoms with Gasteiger partial charge < -0.3 is 19.9 Å². The van der Waals surface area contributed by atoms with Crippen molar-refractivity contribution < 1.29 is 29.0 Å². The Morgan fingerprint density at radius 1 is 1.22 bits per heavy atom. The fraction of sp³-hybridized carbons (Fsp3) is 0.625. The molecule has 32 heavy (non-hydrogen) atoms. The van der Waals surface area contributed by atoms with E-state index < -0.39 is 17.6 Å². The molecule has 1 aromatic rings. The van der Waals surface area contributed by atoms with Crippen LogP contribution in [0, 0.1) is 5.92 Å². The van der Waals surface area contributed by atoms with Gasteiger partial charge in [0.1, 0.15) is 24.3 Å². The molecule has 1 fully saturated rings. The summed E-state index contributed by atoms with van der Waals surface area (Å²) < 4.78 is 10.6. The molecular formula is C24H38N2O6. The highest BCUT2D eigenvalue weighted by atomic mass is 16.6. The Morgan fingerprint density at radius 3 is 2.34 bits per heavy atom. The average Bonchev–Trinajstić information content (AvgIpc) is 3.27. The first-order valence-corrected chi connectivity index (χ1v) is 11.2. The lowest BCUT2D eigenvalue weighted by molar-refractivity contribution is -0.155. The van der Waals surface area contributed by atoms with Crippen molar-refractivity contribution in [2.75, 3.05) is 13.1 Å². The van der Waals surface area contributed by atoms with Gasteiger partial charge in [0, 0.05) is 0 Å². The van der Waals surface area contributed by atoms with Gasteiger partial charge in [-0.3, -0.25) is 19.7 Å². The lowest BCUT2D eigenvalue weighted by Crippen LogP contribution is -2.46. The van der Waals surface area contributed by atoms with Crippen molar-refractivity contribution in [3.8, 4) is 0 Å². The van der Waals surface area contributed by atoms with E-state index in [1.807, 2.05) is 65.0 Å². The average molecular weight is 451 g/mol. The van der Waals surface area contributed by atoms with Crippen LogP contribution in [0.5, 0.6) is 0 Å². The minimum absolute atomic E-state index is 0.0211. The van der Waals surface area contributed by atoms with Gasteiger partial charge in [0.15, 0.2) is 0 Å². The molecule has 1 aromatic carbocycles. The summed E-state index contributed by atoms with van der Waals surface area (Å²) in [5.41, 5.74) is 0.388. The number of nitrogens with one attached hydrogen (secondary N) is 2. The molecule has 0 aromatic heterocycles. The fourth-order valence-electron chi connectivity index (χ4n) is 3.04. The number of hydrogen-bond acceptors (Lipinski definition) is 7. The largest absolute Gasteiger partial charge is 0.480 e. The normalized spacial score (nSPS) is 17.5. The van der Waals surface area contributed by atoms with Crippen LogP contribution in [0.3, 0.4) is 0 Å². The summed E-state index contributed by atoms with van der Waals surface area (Å²) in [5.74, 6) is -1.40. The fourth-order valence-corrected chi connectivity index (χ4v) is 3.04. The van der Waals surface area contributed by atoms with E-state index >= 15 is 0 Å². The van der Waals surface area contributed by atoms with Gasteiger partial charge in [0.05, 0.1) is 6.54 Å². The number of esters is 2. The number of carboxylic acids is 1. The first-order chi connectivity index (χ1) is 15.0. The summed E-state index contributed by atoms with van der Waals surface area (Å²) in [6.07, 6.45) is 2.58. The van der Waals surface area contributed by atoms with Crippen LogP contribution in [0.4, 0.5) is 0 Å². The molecule has 0 spiro atoms. The SMILES string of the molecule is CC[C@H](C)[C@H](NCC(=O)OC(C)(C)C)C(=O)OCc1ccccc1.O=C(O)[C@@H]1CCCN1. The number of rotatable bonds is 9. The van der Waals surface area contributed by atoms with Crippen LogP contribution in [0.15, 0.2) is 30.3 Å². The third kappa shape index (κ3) is 11.2. The molecule has 1 aliphatic heterocycles. The molecule has 0 bridgehead atoms. The van der Waals surface area contributed by atoms with Crippen LogP contribution in [0.2, 0.25) is 0 Å². The van der Waals surface area contributed by atoms with Gasteiger partial charge in [0.2, 0.25) is 0 Å². The molecule has 180 valence electrons. The Morgan fingerprint density at radius 2 is 1.88 bits per heavy atom. The van der Waals surface area contributed by atoms with Crippen molar-refractivity contribution in [2.45, 2.75) is 78.2 Å². The quantitative estimate of drug-likeness (QED) is 0.492. The van der Waals surface area contributed by atoms with Gasteiger partial charge in [-0.15, -0.1) is 0 Å². The molecule has 8 heteroatoms. The van der Waals surface area contributed by atoms with Crippen molar-refractivity contribution >= 4 is 17.9 Å². The van der Waals surface area contributed by atoms with E-state index in [2.05, 4.69) is 10.6 Å². The maximum absolute atomic E-state index is 12.4. The maximum Gasteiger partial charge on any atom is 0.323 e. The molecule has 0 radical (unpaired) electrons. The Balaban J connectivity index is 0.000000533. The third-order valence-electron chi connectivity index (χ3n) is 4.94. The lowest BCUT2D eigenvalue weighted by atomic mass is 9.99. The lowest BCUT2D eigenvalue weighted by Gasteiger charge is -2.24. The van der Waals surface area contributed by atoms with E-state index in [-0.39, 0.29) is 37.0 Å². The number of carbonyl (C=O) groups is 3. The van der Waals surface area contributed by atoms with Gasteiger partial charge in [-0.05, 0) is 51.6 Å². The Labute approximate surface area is 191 Å². The number of ether oxygens (including phenoxy) is 2. The highest BCUT2D eigenvalue weighted by Crippen LogP contribution is 2.12. The first-order valence-electron chi connectivity index (χ1n) is 11.2. The van der Waals surface area contributed by atoms with E-state index in [9.17, 15) is 14.4 Å². The Bertz CT molecular complexity index is 711. The van der Waals surface area contributed by atoms with Crippen molar-refractivity contribution in [3.63, 3.8) is 0 Å². The van der Waals surface area contributed by atoms with Crippen LogP contribution in [-0.4, -0.2) is 53.8 Å². The van der Waals surface area contributed by atoms with Gasteiger partial charge in [0.25, 0.3) is 0 Å². The second kappa shape index (κ2) is 13.9. The Kier molecular flexibility index (Phi) is 11.9. The van der Waals surface area contributed by atoms with E-state index in [4.69, 9.17) is 14.6 Å². The van der Waals surface area contributed by atoms with Crippen molar-refractivity contribution in [1.82, 2.24) is 10.6 Å². The number of benzene rings is 1. The highest BCUT2D eigenvalue weighted by molar-refractivity contribution is 5.78. The zero-order valence-corrected chi connectivity index (χ0v) is 19.8. The zero-order valence-electron chi connectivity index (χ0n) is 19.8. The molecule has 0 unspecified atom stereocenters. The first kappa shape index (κ1) is 27.6. The highest BCUT2D eigenvalue weighted by Gasteiger charge is 2.27. The van der Waals surface area contributed by atoms with Gasteiger partial charge in [-0.1, -0.05) is 50.6 Å². The van der Waals surface area contributed by atoms with E-state index in [0.29, 0.717) is 0 Å². The molecule has 1 heterocycles. The summed E-state index contributed by atoms with van der Waals surface area (Å²) in [5, 5.41) is 14.2. The van der Waals surface area contributed by atoms with E-state index in [0.717, 1.165) is 31.4 Å². The summed E-state index contributed by atoms with van der Waals surface area (Å²) in [6, 6.07) is 8.71. The predicted octanol–water partition coefficient (Wildman–Crippen LogP) is 2.90. The molecule has 2 rings (SSSR count). The molecule has 3 N–H and O–H groups in total. The zero-order chi connectivity index (χ0) is 24.1. The molecular weight excluding hydrogens is 412 g/mol. The van der Waals surface area contributed by atoms with Gasteiger partial charge in [-0.2, -0.15) is 0 Å². The molecule has 1 saturated heterocycles. The number of carbonyl (C=O) groups excluding carboxylic acids is 2. The minimum atomic E-state index is -0.720. The summed E-state index contributed by atoms with van der Waals surface area (Å²) >= 11 is 0. The standard InChI is InChI=1S/C19H29NO4.C5H9NO2/c1-6-14(2)17(20-12-16(21)24-19(3,4)5)18(22)23-13-15-10-8-7-9-11-15;7-5(8)4-2-1-3-6-4/h7-11,14,17,20H,6,12-13H2,1-5H3;4,6H,1-3H2,(H,7,8)/t14-,17-;4-/m00/s1. The molecule has 0 amide bonds. The topological polar surface area (TPSA) is 114 Å². The summed E-state index contributed by atoms with van der Waals surface area (Å²) in [4.78, 5) is 34.4. The van der Waals surface area contributed by atoms with Crippen molar-refractivity contribution in [1.29, 1.82) is 0 Å². The van der Waals surface area contributed by atoms with Crippen LogP contribution < -0.4 is 10.6 Å². The Hall–Kier alpha value is -2.45. The van der Waals surface area contributed by atoms with Crippen LogP contribution >= 0.6 is 0 Å². The number of aliphatic carboxylic acids is 1. The summed E-state index contributed by atoms with van der Waals surface area (Å²) in [7, 11) is 0. The van der Waals surface area contributed by atoms with Crippen LogP contribution in [0.1, 0.15) is 59.4 Å². The number of carboxylic acid groups (broad SMARTS) is 1. The van der Waals surface area contributed by atoms with Crippen molar-refractivity contribution in [2.24, 2.45) is 5.92 Å².